The number of hydrogen-bond acceptors (Lipinski definition) is 6. The average Bonchev–Trinajstić information content (AvgIpc) is 3.17. The third-order valence-corrected chi connectivity index (χ3v) is 6.16. The van der Waals surface area contributed by atoms with Gasteiger partial charge in [-0.3, -0.25) is 0 Å². The van der Waals surface area contributed by atoms with Crippen molar-refractivity contribution < 1.29 is 19.4 Å². The van der Waals surface area contributed by atoms with Crippen LogP contribution in [0.15, 0.2) is 23.4 Å². The second kappa shape index (κ2) is 11.4. The summed E-state index contributed by atoms with van der Waals surface area (Å²) in [4.78, 5) is 22.1. The van der Waals surface area contributed by atoms with E-state index in [1.165, 1.54) is 0 Å². The van der Waals surface area contributed by atoms with E-state index in [1.807, 2.05) is 19.1 Å². The van der Waals surface area contributed by atoms with Crippen molar-refractivity contribution in [3.8, 4) is 5.75 Å². The van der Waals surface area contributed by atoms with Crippen molar-refractivity contribution in [3.63, 3.8) is 0 Å². The molecule has 0 aliphatic heterocycles. The van der Waals surface area contributed by atoms with E-state index in [0.717, 1.165) is 31.1 Å². The molecule has 0 aromatic heterocycles. The molecule has 1 aromatic rings. The number of carbonyl (C=O) groups excluding carboxylic acids is 1. The summed E-state index contributed by atoms with van der Waals surface area (Å²) in [6.07, 6.45) is 3.49. The molecule has 6 heteroatoms. The molecule has 1 fully saturated rings. The molecule has 1 aromatic carbocycles. The zero-order valence-electron chi connectivity index (χ0n) is 18.0. The van der Waals surface area contributed by atoms with Gasteiger partial charge in [-0.15, -0.1) is 4.91 Å². The van der Waals surface area contributed by atoms with Gasteiger partial charge in [0.05, 0.1) is 12.7 Å². The van der Waals surface area contributed by atoms with Crippen LogP contribution in [0.2, 0.25) is 0 Å². The van der Waals surface area contributed by atoms with E-state index in [-0.39, 0.29) is 17.8 Å². The van der Waals surface area contributed by atoms with E-state index in [2.05, 4.69) is 19.0 Å². The lowest BCUT2D eigenvalue weighted by molar-refractivity contribution is -0.111. The highest BCUT2D eigenvalue weighted by atomic mass is 16.5. The van der Waals surface area contributed by atoms with Crippen LogP contribution in [0.5, 0.6) is 5.75 Å². The molecule has 2 rings (SSSR count). The van der Waals surface area contributed by atoms with E-state index < -0.39 is 6.10 Å². The first-order valence-electron chi connectivity index (χ1n) is 10.6. The number of hydrogen-bond donors (Lipinski definition) is 1. The fraction of sp³-hybridized carbons (Fsp3) is 0.696. The highest BCUT2D eigenvalue weighted by Crippen LogP contribution is 2.49. The van der Waals surface area contributed by atoms with Gasteiger partial charge in [-0.2, -0.15) is 0 Å². The molecule has 1 N–H and O–H groups in total. The number of aldehydes is 1. The van der Waals surface area contributed by atoms with E-state index in [0.29, 0.717) is 42.9 Å². The van der Waals surface area contributed by atoms with Gasteiger partial charge in [0.25, 0.3) is 0 Å². The molecule has 0 amide bonds. The van der Waals surface area contributed by atoms with Crippen molar-refractivity contribution in [3.05, 3.63) is 28.7 Å². The Hall–Kier alpha value is -1.79. The van der Waals surface area contributed by atoms with Gasteiger partial charge in [0.15, 0.2) is 0 Å². The Bertz CT molecular complexity index is 663. The van der Waals surface area contributed by atoms with E-state index in [9.17, 15) is 14.8 Å². The zero-order valence-corrected chi connectivity index (χ0v) is 18.0. The molecular weight excluding hydrogens is 370 g/mol. The predicted octanol–water partition coefficient (Wildman–Crippen LogP) is 4.85. The van der Waals surface area contributed by atoms with Crippen LogP contribution < -0.4 is 4.74 Å². The Balaban J connectivity index is 2.18. The number of aliphatic hydroxyl groups is 1. The van der Waals surface area contributed by atoms with Crippen LogP contribution in [0.1, 0.15) is 57.9 Å². The van der Waals surface area contributed by atoms with Crippen molar-refractivity contribution in [1.29, 1.82) is 0 Å². The summed E-state index contributed by atoms with van der Waals surface area (Å²) in [7, 11) is 1.64. The third kappa shape index (κ3) is 6.34. The summed E-state index contributed by atoms with van der Waals surface area (Å²) in [5, 5.41) is 13.8. The maximum atomic E-state index is 11.2. The molecule has 2 unspecified atom stereocenters. The summed E-state index contributed by atoms with van der Waals surface area (Å²) in [6.45, 7) is 7.33. The van der Waals surface area contributed by atoms with Gasteiger partial charge in [0, 0.05) is 26.1 Å². The molecule has 1 saturated carbocycles. The SMILES string of the molecule is COCCCOc1cc([C@@H]2C[C@H](C(O)C[C@@H](C)C=O)CC2C(C)C)ccc1N=O. The topological polar surface area (TPSA) is 85.2 Å². The second-order valence-electron chi connectivity index (χ2n) is 8.68. The maximum Gasteiger partial charge on any atom is 0.149 e. The zero-order chi connectivity index (χ0) is 21.4. The molecule has 5 atom stereocenters. The predicted molar refractivity (Wildman–Crippen MR) is 114 cm³/mol. The minimum absolute atomic E-state index is 0.133. The molecule has 162 valence electrons. The Kier molecular flexibility index (Phi) is 9.24. The highest BCUT2D eigenvalue weighted by molar-refractivity contribution is 5.54. The normalized spacial score (nSPS) is 23.7. The van der Waals surface area contributed by atoms with Gasteiger partial charge in [-0.25, -0.2) is 0 Å². The molecule has 0 bridgehead atoms. The average molecular weight is 406 g/mol. The third-order valence-electron chi connectivity index (χ3n) is 6.16. The van der Waals surface area contributed by atoms with Crippen molar-refractivity contribution in [2.75, 3.05) is 20.3 Å². The standard InChI is InChI=1S/C23H35NO5/c1-15(2)19-11-18(22(26)10-16(3)14-25)12-20(19)17-6-7-21(24-27)23(13-17)29-9-5-8-28-4/h6-7,13-16,18-20,22,26H,5,8-12H2,1-4H3/t16-,18-,19?,20+,22?/m1/s1. The number of nitroso groups, excluding NO2 is 1. The quantitative estimate of drug-likeness (QED) is 0.305. The van der Waals surface area contributed by atoms with Gasteiger partial charge in [0.1, 0.15) is 17.7 Å². The number of ether oxygens (including phenoxy) is 2. The number of methoxy groups -OCH3 is 1. The minimum atomic E-state index is -0.470. The first-order valence-corrected chi connectivity index (χ1v) is 10.6. The van der Waals surface area contributed by atoms with Crippen LogP contribution in [-0.2, 0) is 9.53 Å². The van der Waals surface area contributed by atoms with Crippen LogP contribution in [-0.4, -0.2) is 37.8 Å². The Morgan fingerprint density at radius 2 is 2.00 bits per heavy atom. The van der Waals surface area contributed by atoms with Gasteiger partial charge in [0.2, 0.25) is 0 Å². The van der Waals surface area contributed by atoms with Crippen LogP contribution in [0, 0.1) is 28.6 Å². The number of aliphatic hydroxyl groups excluding tert-OH is 1. The molecule has 29 heavy (non-hydrogen) atoms. The van der Waals surface area contributed by atoms with Gasteiger partial charge >= 0.3 is 0 Å². The Labute approximate surface area is 174 Å². The van der Waals surface area contributed by atoms with E-state index >= 15 is 0 Å². The van der Waals surface area contributed by atoms with Crippen molar-refractivity contribution in [2.24, 2.45) is 28.8 Å². The molecule has 6 nitrogen and oxygen atoms in total. The fourth-order valence-corrected chi connectivity index (χ4v) is 4.51. The molecule has 1 aliphatic rings. The molecule has 0 radical (unpaired) electrons. The summed E-state index contributed by atoms with van der Waals surface area (Å²) in [6, 6.07) is 5.62. The van der Waals surface area contributed by atoms with Crippen molar-refractivity contribution in [2.45, 2.75) is 58.5 Å². The minimum Gasteiger partial charge on any atom is -0.491 e. The molecular formula is C23H35NO5. The molecule has 0 saturated heterocycles. The van der Waals surface area contributed by atoms with Crippen LogP contribution in [0.3, 0.4) is 0 Å². The first-order chi connectivity index (χ1) is 13.9. The van der Waals surface area contributed by atoms with Gasteiger partial charge in [-0.1, -0.05) is 26.8 Å². The molecule has 0 spiro atoms. The second-order valence-corrected chi connectivity index (χ2v) is 8.68. The van der Waals surface area contributed by atoms with Crippen molar-refractivity contribution in [1.82, 2.24) is 0 Å². The lowest BCUT2D eigenvalue weighted by Crippen LogP contribution is -2.21. The number of carbonyl (C=O) groups is 1. The lowest BCUT2D eigenvalue weighted by atomic mass is 9.82. The maximum absolute atomic E-state index is 11.2. The van der Waals surface area contributed by atoms with Gasteiger partial charge in [-0.05, 0) is 65.8 Å². The summed E-state index contributed by atoms with van der Waals surface area (Å²) < 4.78 is 10.8. The number of benzene rings is 1. The smallest absolute Gasteiger partial charge is 0.149 e. The highest BCUT2D eigenvalue weighted by Gasteiger charge is 2.40. The van der Waals surface area contributed by atoms with Gasteiger partial charge < -0.3 is 19.4 Å². The van der Waals surface area contributed by atoms with Crippen LogP contribution >= 0.6 is 0 Å². The number of nitrogens with zero attached hydrogens (tertiary/aromatic N) is 1. The fourth-order valence-electron chi connectivity index (χ4n) is 4.51. The Morgan fingerprint density at radius 1 is 1.24 bits per heavy atom. The van der Waals surface area contributed by atoms with E-state index in [4.69, 9.17) is 9.47 Å². The summed E-state index contributed by atoms with van der Waals surface area (Å²) in [5.41, 5.74) is 1.43. The number of rotatable bonds is 12. The van der Waals surface area contributed by atoms with Crippen molar-refractivity contribution >= 4 is 12.0 Å². The van der Waals surface area contributed by atoms with Crippen LogP contribution in [0.25, 0.3) is 0 Å². The largest absolute Gasteiger partial charge is 0.491 e. The summed E-state index contributed by atoms with van der Waals surface area (Å²) in [5.74, 6) is 1.72. The first kappa shape index (κ1) is 23.5. The summed E-state index contributed by atoms with van der Waals surface area (Å²) >= 11 is 0. The monoisotopic (exact) mass is 405 g/mol. The Morgan fingerprint density at radius 3 is 2.62 bits per heavy atom. The molecule has 1 aliphatic carbocycles. The van der Waals surface area contributed by atoms with Crippen LogP contribution in [0.4, 0.5) is 5.69 Å². The van der Waals surface area contributed by atoms with E-state index in [1.54, 1.807) is 13.2 Å². The lowest BCUT2D eigenvalue weighted by Gasteiger charge is -2.24. The molecule has 0 heterocycles.